The Balaban J connectivity index is 2.24. The summed E-state index contributed by atoms with van der Waals surface area (Å²) in [5.74, 6) is 0.134. The minimum Gasteiger partial charge on any atom is -0.508 e. The summed E-state index contributed by atoms with van der Waals surface area (Å²) in [6.45, 7) is 0. The van der Waals surface area contributed by atoms with E-state index in [0.717, 1.165) is 11.3 Å². The number of aromatic hydroxyl groups is 1. The summed E-state index contributed by atoms with van der Waals surface area (Å²) < 4.78 is 1.64. The molecule has 0 saturated carbocycles. The van der Waals surface area contributed by atoms with Crippen LogP contribution in [0.3, 0.4) is 0 Å². The molecule has 0 aliphatic carbocycles. The third kappa shape index (κ3) is 1.57. The van der Waals surface area contributed by atoms with Gasteiger partial charge in [-0.15, -0.1) is 0 Å². The number of nitrogens with zero attached hydrogens (tertiary/aromatic N) is 4. The first-order valence-electron chi connectivity index (χ1n) is 5.31. The van der Waals surface area contributed by atoms with Crippen LogP contribution in [0.4, 0.5) is 0 Å². The second kappa shape index (κ2) is 3.86. The van der Waals surface area contributed by atoms with Gasteiger partial charge in [0.25, 0.3) is 0 Å². The van der Waals surface area contributed by atoms with Gasteiger partial charge in [-0.05, 0) is 12.1 Å². The largest absolute Gasteiger partial charge is 0.508 e. The first kappa shape index (κ1) is 10.3. The Bertz CT molecular complexity index is 753. The highest BCUT2D eigenvalue weighted by Crippen LogP contribution is 2.24. The van der Waals surface area contributed by atoms with Gasteiger partial charge in [-0.3, -0.25) is 0 Å². The van der Waals surface area contributed by atoms with Crippen LogP contribution in [0, 0.1) is 11.3 Å². The Hall–Kier alpha value is -2.87. The van der Waals surface area contributed by atoms with Crippen molar-refractivity contribution in [1.82, 2.24) is 14.6 Å². The van der Waals surface area contributed by atoms with Crippen molar-refractivity contribution in [2.45, 2.75) is 0 Å². The van der Waals surface area contributed by atoms with Crippen molar-refractivity contribution in [1.29, 1.82) is 5.26 Å². The maximum atomic E-state index is 9.66. The zero-order valence-electron chi connectivity index (χ0n) is 9.28. The quantitative estimate of drug-likeness (QED) is 0.701. The van der Waals surface area contributed by atoms with Gasteiger partial charge < -0.3 is 5.11 Å². The minimum absolute atomic E-state index is 0.134. The standard InChI is InChI=1S/C13H8N4O/c14-7-9-1-3-10(4-2-9)12-5-11(18)6-13-15-8-16-17(12)13/h1-6,8,18H. The normalized spacial score (nSPS) is 10.4. The number of nitriles is 1. The van der Waals surface area contributed by atoms with Crippen molar-refractivity contribution in [2.75, 3.05) is 0 Å². The topological polar surface area (TPSA) is 74.2 Å². The number of hydrogen-bond donors (Lipinski definition) is 1. The molecule has 3 rings (SSSR count). The van der Waals surface area contributed by atoms with E-state index >= 15 is 0 Å². The molecular formula is C13H8N4O. The summed E-state index contributed by atoms with van der Waals surface area (Å²) in [5.41, 5.74) is 2.76. The molecule has 1 aromatic carbocycles. The molecule has 86 valence electrons. The van der Waals surface area contributed by atoms with Gasteiger partial charge in [0.1, 0.15) is 12.1 Å². The molecule has 18 heavy (non-hydrogen) atoms. The predicted octanol–water partition coefficient (Wildman–Crippen LogP) is 1.97. The third-order valence-electron chi connectivity index (χ3n) is 2.67. The van der Waals surface area contributed by atoms with E-state index in [4.69, 9.17) is 5.26 Å². The van der Waals surface area contributed by atoms with Crippen LogP contribution < -0.4 is 0 Å². The first-order chi connectivity index (χ1) is 8.78. The van der Waals surface area contributed by atoms with Gasteiger partial charge in [0, 0.05) is 17.7 Å². The molecule has 0 atom stereocenters. The fraction of sp³-hybridized carbons (Fsp3) is 0. The van der Waals surface area contributed by atoms with Crippen molar-refractivity contribution in [3.63, 3.8) is 0 Å². The molecule has 5 nitrogen and oxygen atoms in total. The molecule has 5 heteroatoms. The number of rotatable bonds is 1. The summed E-state index contributed by atoms with van der Waals surface area (Å²) in [5, 5.41) is 22.5. The summed E-state index contributed by atoms with van der Waals surface area (Å²) in [6.07, 6.45) is 1.43. The van der Waals surface area contributed by atoms with Gasteiger partial charge in [-0.25, -0.2) is 9.50 Å². The summed E-state index contributed by atoms with van der Waals surface area (Å²) in [6, 6.07) is 12.3. The number of benzene rings is 1. The van der Waals surface area contributed by atoms with Crippen LogP contribution in [-0.2, 0) is 0 Å². The second-order valence-electron chi connectivity index (χ2n) is 3.82. The van der Waals surface area contributed by atoms with E-state index in [2.05, 4.69) is 16.2 Å². The summed E-state index contributed by atoms with van der Waals surface area (Å²) >= 11 is 0. The highest BCUT2D eigenvalue weighted by Gasteiger charge is 2.07. The summed E-state index contributed by atoms with van der Waals surface area (Å²) in [4.78, 5) is 4.04. The molecule has 0 aliphatic rings. The highest BCUT2D eigenvalue weighted by molar-refractivity contribution is 5.65. The number of pyridine rings is 1. The Morgan fingerprint density at radius 1 is 1.17 bits per heavy atom. The monoisotopic (exact) mass is 236 g/mol. The Morgan fingerprint density at radius 3 is 2.67 bits per heavy atom. The maximum absolute atomic E-state index is 9.66. The lowest BCUT2D eigenvalue weighted by molar-refractivity contribution is 0.475. The van der Waals surface area contributed by atoms with E-state index in [1.54, 1.807) is 28.8 Å². The van der Waals surface area contributed by atoms with Crippen molar-refractivity contribution >= 4 is 5.65 Å². The fourth-order valence-electron chi connectivity index (χ4n) is 1.83. The lowest BCUT2D eigenvalue weighted by Gasteiger charge is -2.05. The molecule has 0 unspecified atom stereocenters. The molecule has 0 aliphatic heterocycles. The zero-order chi connectivity index (χ0) is 12.5. The zero-order valence-corrected chi connectivity index (χ0v) is 9.28. The molecule has 1 N–H and O–H groups in total. The summed E-state index contributed by atoms with van der Waals surface area (Å²) in [7, 11) is 0. The average Bonchev–Trinajstić information content (AvgIpc) is 2.86. The molecule has 3 aromatic rings. The number of aromatic nitrogens is 3. The van der Waals surface area contributed by atoms with Crippen molar-refractivity contribution in [2.24, 2.45) is 0 Å². The fourth-order valence-corrected chi connectivity index (χ4v) is 1.83. The van der Waals surface area contributed by atoms with Crippen LogP contribution in [0.1, 0.15) is 5.56 Å². The average molecular weight is 236 g/mol. The van der Waals surface area contributed by atoms with Gasteiger partial charge in [0.2, 0.25) is 0 Å². The number of fused-ring (bicyclic) bond motifs is 1. The number of hydrogen-bond acceptors (Lipinski definition) is 4. The third-order valence-corrected chi connectivity index (χ3v) is 2.67. The van der Waals surface area contributed by atoms with Gasteiger partial charge in [0.15, 0.2) is 5.65 Å². The lowest BCUT2D eigenvalue weighted by atomic mass is 10.1. The molecule has 2 heterocycles. The van der Waals surface area contributed by atoms with Crippen molar-refractivity contribution < 1.29 is 5.11 Å². The Labute approximate surface area is 103 Å². The highest BCUT2D eigenvalue weighted by atomic mass is 16.3. The van der Waals surface area contributed by atoms with E-state index < -0.39 is 0 Å². The predicted molar refractivity (Wildman–Crippen MR) is 64.8 cm³/mol. The van der Waals surface area contributed by atoms with E-state index in [0.29, 0.717) is 11.2 Å². The minimum atomic E-state index is 0.134. The first-order valence-corrected chi connectivity index (χ1v) is 5.31. The van der Waals surface area contributed by atoms with Crippen LogP contribution in [-0.4, -0.2) is 19.7 Å². The molecule has 0 spiro atoms. The van der Waals surface area contributed by atoms with E-state index in [9.17, 15) is 5.11 Å². The van der Waals surface area contributed by atoms with Crippen LogP contribution in [0.2, 0.25) is 0 Å². The molecule has 2 aromatic heterocycles. The van der Waals surface area contributed by atoms with Gasteiger partial charge >= 0.3 is 0 Å². The Morgan fingerprint density at radius 2 is 1.94 bits per heavy atom. The molecule has 0 saturated heterocycles. The molecule has 0 amide bonds. The smallest absolute Gasteiger partial charge is 0.159 e. The van der Waals surface area contributed by atoms with Crippen LogP contribution >= 0.6 is 0 Å². The van der Waals surface area contributed by atoms with Crippen LogP contribution in [0.15, 0.2) is 42.7 Å². The van der Waals surface area contributed by atoms with Gasteiger partial charge in [-0.1, -0.05) is 12.1 Å². The van der Waals surface area contributed by atoms with Crippen LogP contribution in [0.5, 0.6) is 5.75 Å². The molecule has 0 fully saturated rings. The van der Waals surface area contributed by atoms with E-state index in [1.807, 2.05) is 12.1 Å². The van der Waals surface area contributed by atoms with Crippen molar-refractivity contribution in [3.05, 3.63) is 48.3 Å². The van der Waals surface area contributed by atoms with Gasteiger partial charge in [0.05, 0.1) is 17.3 Å². The second-order valence-corrected chi connectivity index (χ2v) is 3.82. The lowest BCUT2D eigenvalue weighted by Crippen LogP contribution is -1.93. The molecular weight excluding hydrogens is 228 g/mol. The van der Waals surface area contributed by atoms with E-state index in [1.165, 1.54) is 6.33 Å². The van der Waals surface area contributed by atoms with Gasteiger partial charge in [-0.2, -0.15) is 10.4 Å². The molecule has 0 radical (unpaired) electrons. The van der Waals surface area contributed by atoms with E-state index in [-0.39, 0.29) is 5.75 Å². The molecule has 0 bridgehead atoms. The van der Waals surface area contributed by atoms with Crippen LogP contribution in [0.25, 0.3) is 16.9 Å². The maximum Gasteiger partial charge on any atom is 0.159 e. The van der Waals surface area contributed by atoms with Crippen molar-refractivity contribution in [3.8, 4) is 23.1 Å². The Kier molecular flexibility index (Phi) is 2.21. The SMILES string of the molecule is N#Cc1ccc(-c2cc(O)cc3ncnn23)cc1.